The van der Waals surface area contributed by atoms with Gasteiger partial charge in [0.15, 0.2) is 11.6 Å². The second-order valence-electron chi connectivity index (χ2n) is 10.3. The smallest absolute Gasteiger partial charge is 0.206 e. The van der Waals surface area contributed by atoms with Crippen molar-refractivity contribution in [1.82, 2.24) is 0 Å². The topological polar surface area (TPSA) is 86.7 Å². The van der Waals surface area contributed by atoms with Gasteiger partial charge in [0.2, 0.25) is 9.84 Å². The predicted molar refractivity (Wildman–Crippen MR) is 181 cm³/mol. The Balaban J connectivity index is 1.17. The maximum Gasteiger partial charge on any atom is 0.206 e. The van der Waals surface area contributed by atoms with Gasteiger partial charge in [-0.25, -0.2) is 8.42 Å². The summed E-state index contributed by atoms with van der Waals surface area (Å²) in [6.45, 7) is 0. The molecule has 0 fully saturated rings. The Kier molecular flexibility index (Phi) is 9.22. The highest BCUT2D eigenvalue weighted by atomic mass is 35.5. The zero-order valence-electron chi connectivity index (χ0n) is 24.5. The van der Waals surface area contributed by atoms with Gasteiger partial charge < -0.3 is 9.47 Å². The van der Waals surface area contributed by atoms with Crippen LogP contribution in [0.3, 0.4) is 0 Å². The van der Waals surface area contributed by atoms with E-state index in [-0.39, 0.29) is 21.4 Å². The fourth-order valence-corrected chi connectivity index (χ4v) is 6.28. The molecule has 6 aromatic carbocycles. The molecular weight excluding hydrogens is 655 g/mol. The maximum atomic E-state index is 13.4. The number of ketones is 2. The molecule has 0 aliphatic carbocycles. The summed E-state index contributed by atoms with van der Waals surface area (Å²) in [7, 11) is -3.88. The van der Waals surface area contributed by atoms with Crippen molar-refractivity contribution in [3.63, 3.8) is 0 Å². The van der Waals surface area contributed by atoms with Gasteiger partial charge in [0.05, 0.1) is 20.9 Å². The third kappa shape index (κ3) is 7.13. The minimum Gasteiger partial charge on any atom is -0.457 e. The van der Waals surface area contributed by atoms with E-state index in [4.69, 9.17) is 32.7 Å². The largest absolute Gasteiger partial charge is 0.457 e. The Morgan fingerprint density at radius 1 is 0.447 bits per heavy atom. The lowest BCUT2D eigenvalue weighted by Crippen LogP contribution is -2.04. The van der Waals surface area contributed by atoms with E-state index >= 15 is 0 Å². The Morgan fingerprint density at radius 3 is 1.15 bits per heavy atom. The molecule has 0 amide bonds. The number of rotatable bonds is 10. The molecule has 47 heavy (non-hydrogen) atoms. The minimum absolute atomic E-state index is 0.0583. The number of carbonyl (C=O) groups is 2. The van der Waals surface area contributed by atoms with Crippen LogP contribution in [-0.4, -0.2) is 20.0 Å². The molecular formula is C38H24Cl2O6S. The Labute approximate surface area is 281 Å². The summed E-state index contributed by atoms with van der Waals surface area (Å²) < 4.78 is 38.9. The average molecular weight is 680 g/mol. The van der Waals surface area contributed by atoms with E-state index in [1.165, 1.54) is 48.5 Å². The lowest BCUT2D eigenvalue weighted by Gasteiger charge is -2.12. The van der Waals surface area contributed by atoms with Crippen LogP contribution in [0.4, 0.5) is 0 Å². The van der Waals surface area contributed by atoms with Crippen LogP contribution in [0.15, 0.2) is 155 Å². The van der Waals surface area contributed by atoms with Gasteiger partial charge in [-0.2, -0.15) is 0 Å². The Hall–Kier alpha value is -5.21. The summed E-state index contributed by atoms with van der Waals surface area (Å²) in [4.78, 5) is 26.4. The molecule has 0 radical (unpaired) electrons. The highest BCUT2D eigenvalue weighted by Gasteiger charge is 2.20. The molecule has 0 aromatic heterocycles. The molecule has 0 unspecified atom stereocenters. The molecule has 0 spiro atoms. The van der Waals surface area contributed by atoms with Gasteiger partial charge >= 0.3 is 0 Å². The third-order valence-corrected chi connectivity index (χ3v) is 9.49. The molecule has 6 aromatic rings. The highest BCUT2D eigenvalue weighted by Crippen LogP contribution is 2.32. The van der Waals surface area contributed by atoms with Crippen molar-refractivity contribution >= 4 is 44.6 Å². The maximum absolute atomic E-state index is 13.4. The van der Waals surface area contributed by atoms with Crippen LogP contribution in [0, 0.1) is 0 Å². The SMILES string of the molecule is O=C(c1ccc(Cl)cc1)c1ccccc1Oc1ccc(S(=O)(=O)c2ccc(Oc3ccccc3C(=O)c3ccc(Cl)cc3)cc2)cc1. The van der Waals surface area contributed by atoms with Crippen molar-refractivity contribution in [2.24, 2.45) is 0 Å². The third-order valence-electron chi connectivity index (χ3n) is 7.20. The molecule has 0 aliphatic rings. The van der Waals surface area contributed by atoms with Crippen LogP contribution in [0.2, 0.25) is 10.0 Å². The molecule has 0 atom stereocenters. The zero-order chi connectivity index (χ0) is 33.0. The number of hydrogen-bond acceptors (Lipinski definition) is 6. The molecule has 0 saturated heterocycles. The molecule has 232 valence electrons. The summed E-state index contributed by atoms with van der Waals surface area (Å²) in [6, 6.07) is 38.7. The standard InChI is InChI=1S/C38H24Cl2O6S/c39-27-13-9-25(10-14-27)37(41)33-5-1-3-7-35(33)45-29-17-21-31(22-18-29)47(43,44)32-23-19-30(20-24-32)46-36-8-4-2-6-34(36)38(42)26-11-15-28(40)16-12-26/h1-24H. The van der Waals surface area contributed by atoms with Crippen molar-refractivity contribution in [3.8, 4) is 23.0 Å². The van der Waals surface area contributed by atoms with E-state index in [9.17, 15) is 18.0 Å². The van der Waals surface area contributed by atoms with Crippen LogP contribution < -0.4 is 9.47 Å². The Bertz CT molecular complexity index is 2030. The van der Waals surface area contributed by atoms with E-state index in [0.29, 0.717) is 55.3 Å². The highest BCUT2D eigenvalue weighted by molar-refractivity contribution is 7.91. The minimum atomic E-state index is -3.88. The van der Waals surface area contributed by atoms with Crippen LogP contribution in [-0.2, 0) is 9.84 Å². The first-order valence-electron chi connectivity index (χ1n) is 14.3. The van der Waals surface area contributed by atoms with E-state index < -0.39 is 9.84 Å². The number of ether oxygens (including phenoxy) is 2. The normalized spacial score (nSPS) is 11.1. The number of sulfone groups is 1. The molecule has 9 heteroatoms. The number of hydrogen-bond donors (Lipinski definition) is 0. The molecule has 0 heterocycles. The van der Waals surface area contributed by atoms with Gasteiger partial charge in [-0.15, -0.1) is 0 Å². The number of halogens is 2. The number of benzene rings is 6. The first kappa shape index (κ1) is 31.8. The summed E-state index contributed by atoms with van der Waals surface area (Å²) in [5, 5.41) is 1.05. The fraction of sp³-hybridized carbons (Fsp3) is 0. The summed E-state index contributed by atoms with van der Waals surface area (Å²) >= 11 is 11.9. The molecule has 6 rings (SSSR count). The van der Waals surface area contributed by atoms with Gasteiger partial charge in [-0.1, -0.05) is 47.5 Å². The van der Waals surface area contributed by atoms with Gasteiger partial charge in [0, 0.05) is 21.2 Å². The lowest BCUT2D eigenvalue weighted by atomic mass is 10.0. The molecule has 0 saturated carbocycles. The van der Waals surface area contributed by atoms with E-state index in [2.05, 4.69) is 0 Å². The number of para-hydroxylation sites is 2. The average Bonchev–Trinajstić information content (AvgIpc) is 3.09. The van der Waals surface area contributed by atoms with Crippen LogP contribution in [0.1, 0.15) is 31.8 Å². The summed E-state index contributed by atoms with van der Waals surface area (Å²) in [6.07, 6.45) is 0. The van der Waals surface area contributed by atoms with Crippen LogP contribution >= 0.6 is 23.2 Å². The fourth-order valence-electron chi connectivity index (χ4n) is 4.76. The van der Waals surface area contributed by atoms with Crippen molar-refractivity contribution < 1.29 is 27.5 Å². The Morgan fingerprint density at radius 2 is 0.787 bits per heavy atom. The van der Waals surface area contributed by atoms with Crippen molar-refractivity contribution in [3.05, 3.63) is 178 Å². The van der Waals surface area contributed by atoms with Crippen molar-refractivity contribution in [2.45, 2.75) is 9.79 Å². The van der Waals surface area contributed by atoms with Crippen LogP contribution in [0.5, 0.6) is 23.0 Å². The molecule has 0 N–H and O–H groups in total. The first-order valence-corrected chi connectivity index (χ1v) is 16.5. The lowest BCUT2D eigenvalue weighted by molar-refractivity contribution is 0.102. The van der Waals surface area contributed by atoms with Gasteiger partial charge in [-0.3, -0.25) is 9.59 Å². The molecule has 0 bridgehead atoms. The van der Waals surface area contributed by atoms with Gasteiger partial charge in [0.1, 0.15) is 23.0 Å². The van der Waals surface area contributed by atoms with E-state index in [1.807, 2.05) is 0 Å². The van der Waals surface area contributed by atoms with Crippen molar-refractivity contribution in [2.75, 3.05) is 0 Å². The second-order valence-corrected chi connectivity index (χ2v) is 13.1. The van der Waals surface area contributed by atoms with E-state index in [1.54, 1.807) is 97.1 Å². The zero-order valence-corrected chi connectivity index (χ0v) is 26.8. The van der Waals surface area contributed by atoms with E-state index in [0.717, 1.165) is 0 Å². The quantitative estimate of drug-likeness (QED) is 0.134. The van der Waals surface area contributed by atoms with Crippen molar-refractivity contribution in [1.29, 1.82) is 0 Å². The predicted octanol–water partition coefficient (Wildman–Crippen LogP) is 9.87. The molecule has 6 nitrogen and oxygen atoms in total. The molecule has 0 aliphatic heterocycles. The summed E-state index contributed by atoms with van der Waals surface area (Å²) in [5.74, 6) is 0.901. The van der Waals surface area contributed by atoms with Gasteiger partial charge in [-0.05, 0) is 121 Å². The van der Waals surface area contributed by atoms with Gasteiger partial charge in [0.25, 0.3) is 0 Å². The first-order chi connectivity index (χ1) is 22.7. The second kappa shape index (κ2) is 13.6. The number of carbonyl (C=O) groups excluding carboxylic acids is 2. The monoisotopic (exact) mass is 678 g/mol. The summed E-state index contributed by atoms with van der Waals surface area (Å²) in [5.41, 5.74) is 1.62. The van der Waals surface area contributed by atoms with Crippen LogP contribution in [0.25, 0.3) is 0 Å².